The van der Waals surface area contributed by atoms with Gasteiger partial charge in [0.2, 0.25) is 0 Å². The van der Waals surface area contributed by atoms with E-state index in [1.54, 1.807) is 20.8 Å². The molecule has 8 nitrogen and oxygen atoms in total. The van der Waals surface area contributed by atoms with Crippen LogP contribution in [-0.4, -0.2) is 85.7 Å². The predicted octanol–water partition coefficient (Wildman–Crippen LogP) is -0.924. The summed E-state index contributed by atoms with van der Waals surface area (Å²) in [5.74, 6) is -2.99. The van der Waals surface area contributed by atoms with E-state index < -0.39 is 70.9 Å². The summed E-state index contributed by atoms with van der Waals surface area (Å²) in [5.41, 5.74) is -6.91. The summed E-state index contributed by atoms with van der Waals surface area (Å²) in [6.45, 7) is 8.18. The highest BCUT2D eigenvalue weighted by Crippen LogP contribution is 2.65. The third kappa shape index (κ3) is 2.15. The highest BCUT2D eigenvalue weighted by molar-refractivity contribution is 5.98. The number of aliphatic hydroxyl groups excluding tert-OH is 2. The van der Waals surface area contributed by atoms with Crippen molar-refractivity contribution >= 4 is 5.78 Å². The van der Waals surface area contributed by atoms with Crippen LogP contribution in [0.15, 0.2) is 23.8 Å². The SMILES string of the molecule is C=C(C)[C@]1(O)C[C@@H](C)[C@]2(O)C3=CC(C)C(=O)[C@@]3(O)[C@H](O)[C@@]3(CO)O[C@H]3[C@H]2[C@H]1OC. The summed E-state index contributed by atoms with van der Waals surface area (Å²) < 4.78 is 11.4. The van der Waals surface area contributed by atoms with E-state index >= 15 is 0 Å². The third-order valence-corrected chi connectivity index (χ3v) is 7.92. The molecular formula is C21H30O8. The standard InChI is InChI=1S/C21H30O8/c1-9(2)18(25)7-11(4)20(26)12-6-10(3)14(23)21(12,27)17(24)19(8-22)16(29-19)13(20)15(18)28-5/h6,10-11,13,15-17,22,24-27H,1,7-8H2,2-5H3/t10?,11-,13-,15-,16+,17-,18-,19+,20+,21-/m1/s1. The number of hydrogen-bond donors (Lipinski definition) is 5. The lowest BCUT2D eigenvalue weighted by molar-refractivity contribution is -0.213. The molecule has 0 bridgehead atoms. The molecule has 0 amide bonds. The summed E-state index contributed by atoms with van der Waals surface area (Å²) in [5, 5.41) is 56.1. The average molecular weight is 410 g/mol. The van der Waals surface area contributed by atoms with E-state index in [-0.39, 0.29) is 12.0 Å². The molecule has 162 valence electrons. The topological polar surface area (TPSA) is 140 Å². The second kappa shape index (κ2) is 5.97. The van der Waals surface area contributed by atoms with Crippen LogP contribution in [0.3, 0.4) is 0 Å². The molecule has 0 spiro atoms. The summed E-state index contributed by atoms with van der Waals surface area (Å²) in [4.78, 5) is 13.0. The Labute approximate surface area is 169 Å². The molecule has 1 heterocycles. The Hall–Kier alpha value is -1.13. The Morgan fingerprint density at radius 1 is 1.34 bits per heavy atom. The first-order valence-electron chi connectivity index (χ1n) is 9.97. The van der Waals surface area contributed by atoms with E-state index in [0.29, 0.717) is 5.57 Å². The molecule has 1 saturated heterocycles. The van der Waals surface area contributed by atoms with Gasteiger partial charge < -0.3 is 35.0 Å². The fourth-order valence-corrected chi connectivity index (χ4v) is 6.21. The number of methoxy groups -OCH3 is 1. The highest BCUT2D eigenvalue weighted by Gasteiger charge is 2.82. The second-order valence-electron chi connectivity index (χ2n) is 9.37. The molecule has 4 aliphatic rings. The monoisotopic (exact) mass is 410 g/mol. The predicted molar refractivity (Wildman–Crippen MR) is 101 cm³/mol. The van der Waals surface area contributed by atoms with Gasteiger partial charge >= 0.3 is 0 Å². The lowest BCUT2D eigenvalue weighted by atomic mass is 9.56. The zero-order chi connectivity index (χ0) is 21.7. The zero-order valence-electron chi connectivity index (χ0n) is 17.1. The zero-order valence-corrected chi connectivity index (χ0v) is 17.1. The maximum absolute atomic E-state index is 13.0. The van der Waals surface area contributed by atoms with Gasteiger partial charge in [-0.1, -0.05) is 26.5 Å². The van der Waals surface area contributed by atoms with Crippen molar-refractivity contribution in [3.8, 4) is 0 Å². The van der Waals surface area contributed by atoms with Gasteiger partial charge in [-0.15, -0.1) is 0 Å². The quantitative estimate of drug-likeness (QED) is 0.297. The summed E-state index contributed by atoms with van der Waals surface area (Å²) in [6.07, 6.45) is -2.15. The van der Waals surface area contributed by atoms with E-state index in [4.69, 9.17) is 9.47 Å². The van der Waals surface area contributed by atoms with Crippen LogP contribution in [0.2, 0.25) is 0 Å². The number of Topliss-reactive ketones (excluding diaryl/α,β-unsaturated/α-hetero) is 1. The van der Waals surface area contributed by atoms with Crippen LogP contribution in [-0.2, 0) is 14.3 Å². The molecule has 0 radical (unpaired) electrons. The van der Waals surface area contributed by atoms with Crippen molar-refractivity contribution in [1.29, 1.82) is 0 Å². The number of carbonyl (C=O) groups is 1. The average Bonchev–Trinajstić information content (AvgIpc) is 3.36. The van der Waals surface area contributed by atoms with Gasteiger partial charge in [0.1, 0.15) is 23.4 Å². The molecule has 5 N–H and O–H groups in total. The first kappa shape index (κ1) is 21.1. The number of ketones is 1. The minimum absolute atomic E-state index is 0.00180. The fraction of sp³-hybridized carbons (Fsp3) is 0.762. The molecule has 10 atom stereocenters. The first-order chi connectivity index (χ1) is 13.4. The Morgan fingerprint density at radius 3 is 2.48 bits per heavy atom. The van der Waals surface area contributed by atoms with Crippen molar-refractivity contribution in [2.24, 2.45) is 17.8 Å². The Kier molecular flexibility index (Phi) is 4.35. The molecule has 2 saturated carbocycles. The lowest BCUT2D eigenvalue weighted by Crippen LogP contribution is -2.68. The largest absolute Gasteiger partial charge is 0.393 e. The molecule has 3 fully saturated rings. The molecule has 8 heteroatoms. The molecule has 3 aliphatic carbocycles. The number of fused-ring (bicyclic) bond motifs is 5. The molecule has 0 aromatic carbocycles. The molecule has 1 unspecified atom stereocenters. The number of epoxide rings is 1. The van der Waals surface area contributed by atoms with Gasteiger partial charge in [0.15, 0.2) is 11.4 Å². The molecule has 1 aliphatic heterocycles. The number of ether oxygens (including phenoxy) is 2. The minimum atomic E-state index is -2.40. The van der Waals surface area contributed by atoms with Crippen LogP contribution in [0.25, 0.3) is 0 Å². The van der Waals surface area contributed by atoms with Crippen LogP contribution >= 0.6 is 0 Å². The van der Waals surface area contributed by atoms with Crippen molar-refractivity contribution in [2.45, 2.75) is 67.9 Å². The van der Waals surface area contributed by atoms with Crippen molar-refractivity contribution < 1.29 is 39.8 Å². The number of hydrogen-bond acceptors (Lipinski definition) is 8. The Bertz CT molecular complexity index is 809. The minimum Gasteiger partial charge on any atom is -0.393 e. The Morgan fingerprint density at radius 2 is 1.97 bits per heavy atom. The van der Waals surface area contributed by atoms with Crippen molar-refractivity contribution in [2.75, 3.05) is 13.7 Å². The van der Waals surface area contributed by atoms with Crippen molar-refractivity contribution in [3.63, 3.8) is 0 Å². The molecule has 4 rings (SSSR count). The van der Waals surface area contributed by atoms with Gasteiger partial charge in [-0.25, -0.2) is 0 Å². The van der Waals surface area contributed by atoms with Gasteiger partial charge in [-0.05, 0) is 24.8 Å². The Balaban J connectivity index is 2.00. The molecule has 29 heavy (non-hydrogen) atoms. The molecular weight excluding hydrogens is 380 g/mol. The summed E-state index contributed by atoms with van der Waals surface area (Å²) in [7, 11) is 1.39. The molecule has 0 aromatic heterocycles. The van der Waals surface area contributed by atoms with Crippen molar-refractivity contribution in [1.82, 2.24) is 0 Å². The van der Waals surface area contributed by atoms with Crippen molar-refractivity contribution in [3.05, 3.63) is 23.8 Å². The maximum atomic E-state index is 13.0. The number of rotatable bonds is 3. The van der Waals surface area contributed by atoms with E-state index in [2.05, 4.69) is 6.58 Å². The summed E-state index contributed by atoms with van der Waals surface area (Å²) in [6, 6.07) is 0. The van der Waals surface area contributed by atoms with Gasteiger partial charge in [0.05, 0.1) is 24.2 Å². The maximum Gasteiger partial charge on any atom is 0.178 e. The van der Waals surface area contributed by atoms with Crippen LogP contribution in [0.5, 0.6) is 0 Å². The lowest BCUT2D eigenvalue weighted by Gasteiger charge is -2.56. The van der Waals surface area contributed by atoms with Crippen LogP contribution in [0, 0.1) is 17.8 Å². The third-order valence-electron chi connectivity index (χ3n) is 7.92. The second-order valence-corrected chi connectivity index (χ2v) is 9.37. The summed E-state index contributed by atoms with van der Waals surface area (Å²) >= 11 is 0. The van der Waals surface area contributed by atoms with Gasteiger partial charge in [0.25, 0.3) is 0 Å². The number of allylic oxidation sites excluding steroid dienone is 1. The number of aliphatic hydroxyl groups is 5. The fourth-order valence-electron chi connectivity index (χ4n) is 6.21. The molecule has 0 aromatic rings. The van der Waals surface area contributed by atoms with Crippen LogP contribution < -0.4 is 0 Å². The van der Waals surface area contributed by atoms with E-state index in [9.17, 15) is 30.3 Å². The van der Waals surface area contributed by atoms with Gasteiger partial charge in [-0.3, -0.25) is 4.79 Å². The highest BCUT2D eigenvalue weighted by atomic mass is 16.6. The van der Waals surface area contributed by atoms with Crippen LogP contribution in [0.1, 0.15) is 27.2 Å². The van der Waals surface area contributed by atoms with E-state index in [1.807, 2.05) is 0 Å². The van der Waals surface area contributed by atoms with Crippen LogP contribution in [0.4, 0.5) is 0 Å². The first-order valence-corrected chi connectivity index (χ1v) is 9.97. The smallest absolute Gasteiger partial charge is 0.178 e. The van der Waals surface area contributed by atoms with Gasteiger partial charge in [-0.2, -0.15) is 0 Å². The van der Waals surface area contributed by atoms with E-state index in [1.165, 1.54) is 13.2 Å². The number of carbonyl (C=O) groups excluding carboxylic acids is 1. The normalized spacial score (nSPS) is 56.0. The van der Waals surface area contributed by atoms with Gasteiger partial charge in [0, 0.05) is 18.6 Å². The van der Waals surface area contributed by atoms with E-state index in [0.717, 1.165) is 0 Å².